The van der Waals surface area contributed by atoms with Crippen molar-refractivity contribution in [3.8, 4) is 0 Å². The van der Waals surface area contributed by atoms with Crippen molar-refractivity contribution >= 4 is 5.97 Å². The zero-order chi connectivity index (χ0) is 18.2. The number of aliphatic hydroxyl groups is 2. The van der Waals surface area contributed by atoms with Gasteiger partial charge in [-0.1, -0.05) is 18.2 Å². The average Bonchev–Trinajstić information content (AvgIpc) is 2.63. The average molecular weight is 350 g/mol. The SMILES string of the molecule is O=C(OC[C@@H](CO)O[C@@H](CO)n1ccc(=O)[nH]c1=O)c1ccccc1. The molecule has 2 atom stereocenters. The van der Waals surface area contributed by atoms with Crippen LogP contribution in [0.1, 0.15) is 16.6 Å². The molecule has 9 heteroatoms. The number of H-pyrrole nitrogens is 1. The van der Waals surface area contributed by atoms with Crippen LogP contribution in [0.25, 0.3) is 0 Å². The van der Waals surface area contributed by atoms with Gasteiger partial charge in [-0.25, -0.2) is 9.59 Å². The van der Waals surface area contributed by atoms with Gasteiger partial charge in [0.25, 0.3) is 5.56 Å². The Kier molecular flexibility index (Phi) is 6.63. The lowest BCUT2D eigenvalue weighted by Crippen LogP contribution is -2.37. The summed E-state index contributed by atoms with van der Waals surface area (Å²) >= 11 is 0. The molecule has 0 fully saturated rings. The lowest BCUT2D eigenvalue weighted by atomic mass is 10.2. The number of carbonyl (C=O) groups excluding carboxylic acids is 1. The first kappa shape index (κ1) is 18.6. The van der Waals surface area contributed by atoms with Gasteiger partial charge in [-0.3, -0.25) is 14.3 Å². The molecule has 0 aliphatic carbocycles. The van der Waals surface area contributed by atoms with Crippen molar-refractivity contribution in [2.24, 2.45) is 0 Å². The van der Waals surface area contributed by atoms with E-state index in [4.69, 9.17) is 9.47 Å². The first-order valence-corrected chi connectivity index (χ1v) is 7.46. The number of aliphatic hydroxyl groups excluding tert-OH is 2. The van der Waals surface area contributed by atoms with E-state index in [9.17, 15) is 24.6 Å². The minimum absolute atomic E-state index is 0.279. The van der Waals surface area contributed by atoms with Crippen molar-refractivity contribution in [2.45, 2.75) is 12.3 Å². The third kappa shape index (κ3) is 5.11. The van der Waals surface area contributed by atoms with Crippen LogP contribution >= 0.6 is 0 Å². The number of rotatable bonds is 8. The Morgan fingerprint density at radius 3 is 2.44 bits per heavy atom. The Morgan fingerprint density at radius 2 is 1.84 bits per heavy atom. The molecule has 0 saturated carbocycles. The highest BCUT2D eigenvalue weighted by molar-refractivity contribution is 5.89. The quantitative estimate of drug-likeness (QED) is 0.535. The first-order valence-electron chi connectivity index (χ1n) is 7.46. The van der Waals surface area contributed by atoms with Crippen molar-refractivity contribution < 1.29 is 24.5 Å². The van der Waals surface area contributed by atoms with Crippen molar-refractivity contribution in [3.05, 3.63) is 69.0 Å². The van der Waals surface area contributed by atoms with Gasteiger partial charge >= 0.3 is 11.7 Å². The zero-order valence-electron chi connectivity index (χ0n) is 13.2. The van der Waals surface area contributed by atoms with Crippen LogP contribution in [0, 0.1) is 0 Å². The van der Waals surface area contributed by atoms with E-state index in [-0.39, 0.29) is 6.61 Å². The van der Waals surface area contributed by atoms with Gasteiger partial charge < -0.3 is 19.7 Å². The Morgan fingerprint density at radius 1 is 1.12 bits per heavy atom. The first-order chi connectivity index (χ1) is 12.0. The maximum absolute atomic E-state index is 11.9. The third-order valence-corrected chi connectivity index (χ3v) is 3.28. The molecule has 0 spiro atoms. The van der Waals surface area contributed by atoms with E-state index >= 15 is 0 Å². The van der Waals surface area contributed by atoms with Gasteiger partial charge in [0.2, 0.25) is 0 Å². The van der Waals surface area contributed by atoms with Crippen LogP contribution in [0.2, 0.25) is 0 Å². The molecule has 0 saturated heterocycles. The summed E-state index contributed by atoms with van der Waals surface area (Å²) < 4.78 is 11.4. The molecule has 1 aromatic carbocycles. The molecule has 1 aromatic heterocycles. The second-order valence-corrected chi connectivity index (χ2v) is 5.06. The van der Waals surface area contributed by atoms with Crippen LogP contribution in [0.4, 0.5) is 0 Å². The number of nitrogens with one attached hydrogen (secondary N) is 1. The van der Waals surface area contributed by atoms with Crippen LogP contribution in [-0.4, -0.2) is 51.7 Å². The zero-order valence-corrected chi connectivity index (χ0v) is 13.2. The van der Waals surface area contributed by atoms with Gasteiger partial charge in [0.15, 0.2) is 6.23 Å². The summed E-state index contributed by atoms with van der Waals surface area (Å²) in [6, 6.07) is 9.37. The van der Waals surface area contributed by atoms with E-state index in [1.807, 2.05) is 4.98 Å². The van der Waals surface area contributed by atoms with E-state index in [2.05, 4.69) is 0 Å². The lowest BCUT2D eigenvalue weighted by Gasteiger charge is -2.23. The number of hydrogen-bond acceptors (Lipinski definition) is 7. The molecular formula is C16H18N2O7. The van der Waals surface area contributed by atoms with Gasteiger partial charge in [-0.15, -0.1) is 0 Å². The van der Waals surface area contributed by atoms with E-state index in [1.165, 1.54) is 0 Å². The summed E-state index contributed by atoms with van der Waals surface area (Å²) in [4.78, 5) is 36.7. The molecular weight excluding hydrogens is 332 g/mol. The Balaban J connectivity index is 2.01. The minimum atomic E-state index is -1.16. The number of ether oxygens (including phenoxy) is 2. The number of benzene rings is 1. The van der Waals surface area contributed by atoms with Crippen molar-refractivity contribution in [2.75, 3.05) is 19.8 Å². The highest BCUT2D eigenvalue weighted by Crippen LogP contribution is 2.09. The largest absolute Gasteiger partial charge is 0.459 e. The Bertz CT molecular complexity index is 800. The third-order valence-electron chi connectivity index (χ3n) is 3.28. The van der Waals surface area contributed by atoms with Gasteiger partial charge in [0.1, 0.15) is 12.7 Å². The monoisotopic (exact) mass is 350 g/mol. The summed E-state index contributed by atoms with van der Waals surface area (Å²) in [5, 5.41) is 18.8. The number of nitrogens with zero attached hydrogens (tertiary/aromatic N) is 1. The maximum atomic E-state index is 11.9. The van der Waals surface area contributed by atoms with Crippen LogP contribution < -0.4 is 11.2 Å². The molecule has 3 N–H and O–H groups in total. The summed E-state index contributed by atoms with van der Waals surface area (Å²) in [5.41, 5.74) is -1.02. The molecule has 2 aromatic rings. The van der Waals surface area contributed by atoms with Crippen LogP contribution in [0.5, 0.6) is 0 Å². The fourth-order valence-electron chi connectivity index (χ4n) is 2.03. The molecule has 0 unspecified atom stereocenters. The van der Waals surface area contributed by atoms with Crippen molar-refractivity contribution in [1.82, 2.24) is 9.55 Å². The van der Waals surface area contributed by atoms with E-state index in [0.29, 0.717) is 5.56 Å². The molecule has 0 bridgehead atoms. The highest BCUT2D eigenvalue weighted by Gasteiger charge is 2.20. The highest BCUT2D eigenvalue weighted by atomic mass is 16.6. The number of aromatic nitrogens is 2. The summed E-state index contributed by atoms with van der Waals surface area (Å²) in [6.07, 6.45) is -0.965. The second-order valence-electron chi connectivity index (χ2n) is 5.06. The number of carbonyl (C=O) groups is 1. The van der Waals surface area contributed by atoms with Gasteiger partial charge in [0.05, 0.1) is 18.8 Å². The van der Waals surface area contributed by atoms with Crippen molar-refractivity contribution in [1.29, 1.82) is 0 Å². The second kappa shape index (κ2) is 8.92. The minimum Gasteiger partial charge on any atom is -0.459 e. The molecule has 25 heavy (non-hydrogen) atoms. The molecule has 0 radical (unpaired) electrons. The molecule has 134 valence electrons. The standard InChI is InChI=1S/C16H18N2O7/c19-8-12(10-24-15(22)11-4-2-1-3-5-11)25-14(9-20)18-7-6-13(21)17-16(18)23/h1-7,12,14,19-20H,8-10H2,(H,17,21,23)/t12-,14+/m1/s1. The molecule has 2 rings (SSSR count). The smallest absolute Gasteiger partial charge is 0.338 e. The maximum Gasteiger partial charge on any atom is 0.338 e. The fraction of sp³-hybridized carbons (Fsp3) is 0.312. The van der Waals surface area contributed by atoms with Crippen LogP contribution in [0.3, 0.4) is 0 Å². The predicted molar refractivity (Wildman–Crippen MR) is 86.1 cm³/mol. The van der Waals surface area contributed by atoms with E-state index < -0.39 is 42.8 Å². The van der Waals surface area contributed by atoms with Gasteiger partial charge in [-0.05, 0) is 12.1 Å². The predicted octanol–water partition coefficient (Wildman–Crippen LogP) is -0.738. The van der Waals surface area contributed by atoms with E-state index in [1.54, 1.807) is 30.3 Å². The molecule has 0 amide bonds. The summed E-state index contributed by atoms with van der Waals surface area (Å²) in [5.74, 6) is -0.593. The normalized spacial score (nSPS) is 13.2. The van der Waals surface area contributed by atoms with E-state index in [0.717, 1.165) is 16.8 Å². The number of hydrogen-bond donors (Lipinski definition) is 3. The van der Waals surface area contributed by atoms with Crippen molar-refractivity contribution in [3.63, 3.8) is 0 Å². The number of esters is 1. The fourth-order valence-corrected chi connectivity index (χ4v) is 2.03. The van der Waals surface area contributed by atoms with Crippen LogP contribution in [0.15, 0.2) is 52.2 Å². The van der Waals surface area contributed by atoms with Crippen LogP contribution in [-0.2, 0) is 9.47 Å². The summed E-state index contributed by atoms with van der Waals surface area (Å²) in [7, 11) is 0. The lowest BCUT2D eigenvalue weighted by molar-refractivity contribution is -0.115. The summed E-state index contributed by atoms with van der Waals surface area (Å²) in [6.45, 7) is -1.37. The molecule has 1 heterocycles. The Labute approximate surface area is 142 Å². The van der Waals surface area contributed by atoms with Gasteiger partial charge in [0, 0.05) is 12.3 Å². The Hall–Kier alpha value is -2.75. The topological polar surface area (TPSA) is 131 Å². The molecule has 9 nitrogen and oxygen atoms in total. The number of aromatic amines is 1. The molecule has 0 aliphatic heterocycles. The van der Waals surface area contributed by atoms with Gasteiger partial charge in [-0.2, -0.15) is 0 Å². The molecule has 0 aliphatic rings.